The molecule has 0 saturated carbocycles. The van der Waals surface area contributed by atoms with Crippen molar-refractivity contribution in [1.82, 2.24) is 24.3 Å². The predicted molar refractivity (Wildman–Crippen MR) is 250 cm³/mol. The molecule has 288 valence electrons. The Bertz CT molecular complexity index is 3510. The van der Waals surface area contributed by atoms with Gasteiger partial charge >= 0.3 is 0 Å². The van der Waals surface area contributed by atoms with Crippen LogP contribution in [0.15, 0.2) is 212 Å². The van der Waals surface area contributed by atoms with E-state index in [0.29, 0.717) is 17.5 Å². The molecule has 0 saturated heterocycles. The van der Waals surface area contributed by atoms with E-state index in [1.165, 1.54) is 44.5 Å². The topological polar surface area (TPSA) is 56.0 Å². The van der Waals surface area contributed by atoms with Crippen LogP contribution in [-0.4, -0.2) is 24.3 Å². The molecule has 0 amide bonds. The molecule has 2 aliphatic carbocycles. The summed E-state index contributed by atoms with van der Waals surface area (Å²) in [5.74, 6) is 1.87. The van der Waals surface area contributed by atoms with E-state index in [-0.39, 0.29) is 0 Å². The number of imidazole rings is 1. The zero-order chi connectivity index (χ0) is 40.8. The van der Waals surface area contributed by atoms with Crippen LogP contribution in [0.25, 0.3) is 95.4 Å². The Labute approximate surface area is 358 Å². The van der Waals surface area contributed by atoms with Gasteiger partial charge in [-0.15, -0.1) is 0 Å². The molecule has 8 aromatic carbocycles. The van der Waals surface area contributed by atoms with Crippen molar-refractivity contribution >= 4 is 16.4 Å². The Morgan fingerprint density at radius 3 is 1.44 bits per heavy atom. The molecule has 0 aliphatic heterocycles. The Kier molecular flexibility index (Phi) is 7.45. The molecule has 13 rings (SSSR count). The van der Waals surface area contributed by atoms with E-state index < -0.39 is 5.41 Å². The monoisotopic (exact) mass is 789 g/mol. The molecule has 3 aromatic heterocycles. The maximum atomic E-state index is 5.28. The van der Waals surface area contributed by atoms with Crippen molar-refractivity contribution in [2.75, 3.05) is 0 Å². The van der Waals surface area contributed by atoms with Crippen LogP contribution in [0.1, 0.15) is 22.3 Å². The molecule has 2 aliphatic rings. The highest BCUT2D eigenvalue weighted by molar-refractivity contribution is 5.98. The van der Waals surface area contributed by atoms with Crippen LogP contribution in [0, 0.1) is 0 Å². The van der Waals surface area contributed by atoms with Crippen molar-refractivity contribution in [3.63, 3.8) is 0 Å². The molecule has 5 nitrogen and oxygen atoms in total. The second-order valence-corrected chi connectivity index (χ2v) is 16.2. The smallest absolute Gasteiger partial charge is 0.164 e. The van der Waals surface area contributed by atoms with Gasteiger partial charge in [0.25, 0.3) is 0 Å². The Morgan fingerprint density at radius 1 is 0.339 bits per heavy atom. The summed E-state index contributed by atoms with van der Waals surface area (Å²) in [6.45, 7) is 0. The molecule has 0 atom stereocenters. The van der Waals surface area contributed by atoms with Gasteiger partial charge in [0.2, 0.25) is 0 Å². The number of nitrogens with zero attached hydrogens (tertiary/aromatic N) is 5. The van der Waals surface area contributed by atoms with Gasteiger partial charge in [0.1, 0.15) is 5.65 Å². The lowest BCUT2D eigenvalue weighted by atomic mass is 9.70. The lowest BCUT2D eigenvalue weighted by Gasteiger charge is -2.30. The summed E-state index contributed by atoms with van der Waals surface area (Å²) in [5, 5.41) is 2.27. The van der Waals surface area contributed by atoms with E-state index >= 15 is 0 Å². The van der Waals surface area contributed by atoms with Gasteiger partial charge in [-0.05, 0) is 62.0 Å². The molecular formula is C57H35N5. The second kappa shape index (κ2) is 13.4. The molecule has 3 heterocycles. The van der Waals surface area contributed by atoms with Crippen molar-refractivity contribution < 1.29 is 0 Å². The zero-order valence-corrected chi connectivity index (χ0v) is 33.4. The zero-order valence-electron chi connectivity index (χ0n) is 33.4. The van der Waals surface area contributed by atoms with Crippen LogP contribution in [0.5, 0.6) is 0 Å². The molecule has 0 fully saturated rings. The van der Waals surface area contributed by atoms with Crippen LogP contribution in [-0.2, 0) is 5.41 Å². The van der Waals surface area contributed by atoms with Crippen molar-refractivity contribution in [3.05, 3.63) is 235 Å². The fourth-order valence-corrected chi connectivity index (χ4v) is 10.2. The first-order chi connectivity index (χ1) is 30.7. The van der Waals surface area contributed by atoms with Crippen LogP contribution in [0.2, 0.25) is 0 Å². The Balaban J connectivity index is 0.979. The van der Waals surface area contributed by atoms with E-state index in [1.807, 2.05) is 24.3 Å². The minimum Gasteiger partial charge on any atom is -0.298 e. The van der Waals surface area contributed by atoms with Gasteiger partial charge in [-0.2, -0.15) is 0 Å². The van der Waals surface area contributed by atoms with E-state index in [2.05, 4.69) is 193 Å². The van der Waals surface area contributed by atoms with E-state index in [1.54, 1.807) is 0 Å². The summed E-state index contributed by atoms with van der Waals surface area (Å²) >= 11 is 0. The van der Waals surface area contributed by atoms with Crippen molar-refractivity contribution in [3.8, 4) is 78.9 Å². The van der Waals surface area contributed by atoms with Gasteiger partial charge in [-0.3, -0.25) is 4.40 Å². The van der Waals surface area contributed by atoms with Crippen molar-refractivity contribution in [2.45, 2.75) is 5.41 Å². The quantitative estimate of drug-likeness (QED) is 0.174. The lowest BCUT2D eigenvalue weighted by Crippen LogP contribution is -2.25. The number of hydrogen-bond acceptors (Lipinski definition) is 4. The van der Waals surface area contributed by atoms with Crippen molar-refractivity contribution in [2.24, 2.45) is 0 Å². The largest absolute Gasteiger partial charge is 0.298 e. The minimum absolute atomic E-state index is 0.466. The number of rotatable bonds is 5. The summed E-state index contributed by atoms with van der Waals surface area (Å²) in [7, 11) is 0. The molecule has 11 aromatic rings. The third-order valence-corrected chi connectivity index (χ3v) is 12.9. The average molecular weight is 790 g/mol. The van der Waals surface area contributed by atoms with Gasteiger partial charge in [0, 0.05) is 39.4 Å². The fraction of sp³-hybridized carbons (Fsp3) is 0.0175. The van der Waals surface area contributed by atoms with Crippen molar-refractivity contribution in [1.29, 1.82) is 0 Å². The van der Waals surface area contributed by atoms with E-state index in [0.717, 1.165) is 55.6 Å². The summed E-state index contributed by atoms with van der Waals surface area (Å²) in [5.41, 5.74) is 17.6. The summed E-state index contributed by atoms with van der Waals surface area (Å²) in [6.07, 6.45) is 2.13. The lowest BCUT2D eigenvalue weighted by molar-refractivity contribution is 0.794. The first-order valence-electron chi connectivity index (χ1n) is 21.1. The number of aromatic nitrogens is 5. The van der Waals surface area contributed by atoms with Crippen LogP contribution in [0.3, 0.4) is 0 Å². The normalized spacial score (nSPS) is 13.0. The number of pyridine rings is 1. The fourth-order valence-electron chi connectivity index (χ4n) is 10.2. The van der Waals surface area contributed by atoms with Gasteiger partial charge < -0.3 is 0 Å². The Morgan fingerprint density at radius 2 is 0.806 bits per heavy atom. The Hall–Kier alpha value is -8.28. The predicted octanol–water partition coefficient (Wildman–Crippen LogP) is 13.4. The first kappa shape index (κ1) is 34.6. The van der Waals surface area contributed by atoms with Crippen LogP contribution < -0.4 is 0 Å². The molecule has 0 bridgehead atoms. The highest BCUT2D eigenvalue weighted by Gasteiger charge is 2.51. The maximum absolute atomic E-state index is 5.28. The number of fused-ring (bicyclic) bond motifs is 13. The number of hydrogen-bond donors (Lipinski definition) is 0. The van der Waals surface area contributed by atoms with Crippen LogP contribution >= 0.6 is 0 Å². The van der Waals surface area contributed by atoms with Gasteiger partial charge in [0.05, 0.1) is 16.8 Å². The summed E-state index contributed by atoms with van der Waals surface area (Å²) < 4.78 is 2.22. The molecule has 5 heteroatoms. The third-order valence-electron chi connectivity index (χ3n) is 12.9. The highest BCUT2D eigenvalue weighted by Crippen LogP contribution is 2.63. The third kappa shape index (κ3) is 4.96. The highest BCUT2D eigenvalue weighted by atomic mass is 15.0. The van der Waals surface area contributed by atoms with Gasteiger partial charge in [-0.1, -0.05) is 194 Å². The standard InChI is InChI=1S/C57H35N5/c1-3-16-37(17-4-1)51-52(62-34-33-36-15-7-8-20-42(36)56(62)58-51)38-27-29-40(30-28-38)54-59-53(39-18-5-2-6-19-39)60-55(61-54)41-31-32-46-45-23-11-14-26-49(45)57(50(46)35-41)47-24-12-9-21-43(47)44-22-10-13-25-48(44)57/h1-35H. The second-order valence-electron chi connectivity index (χ2n) is 16.2. The molecule has 62 heavy (non-hydrogen) atoms. The molecule has 1 spiro atoms. The molecule has 0 radical (unpaired) electrons. The number of benzene rings is 8. The SMILES string of the molecule is c1ccc(-c2nc(-c3ccc(-c4c(-c5ccccc5)nc5c6ccccc6ccn45)cc3)nc(-c3ccc4c(c3)C3(c5ccccc5-c5ccccc53)c3ccccc3-4)n2)cc1. The minimum atomic E-state index is -0.466. The van der Waals surface area contributed by atoms with Crippen LogP contribution in [0.4, 0.5) is 0 Å². The summed E-state index contributed by atoms with van der Waals surface area (Å²) in [4.78, 5) is 20.9. The maximum Gasteiger partial charge on any atom is 0.164 e. The molecular weight excluding hydrogens is 755 g/mol. The van der Waals surface area contributed by atoms with Gasteiger partial charge in [-0.25, -0.2) is 19.9 Å². The average Bonchev–Trinajstić information content (AvgIpc) is 3.99. The molecule has 0 N–H and O–H groups in total. The molecule has 0 unspecified atom stereocenters. The first-order valence-corrected chi connectivity index (χ1v) is 21.1. The van der Waals surface area contributed by atoms with E-state index in [9.17, 15) is 0 Å². The van der Waals surface area contributed by atoms with E-state index in [4.69, 9.17) is 19.9 Å². The summed E-state index contributed by atoms with van der Waals surface area (Å²) in [6, 6.07) is 73.3. The van der Waals surface area contributed by atoms with Gasteiger partial charge in [0.15, 0.2) is 17.5 Å².